The second kappa shape index (κ2) is 11.4. The zero-order valence-corrected chi connectivity index (χ0v) is 15.8. The van der Waals surface area contributed by atoms with Crippen LogP contribution in [0.2, 0.25) is 0 Å². The quantitative estimate of drug-likeness (QED) is 0.579. The van der Waals surface area contributed by atoms with Crippen molar-refractivity contribution in [2.75, 3.05) is 19.8 Å². The predicted molar refractivity (Wildman–Crippen MR) is 96.8 cm³/mol. The van der Waals surface area contributed by atoms with Crippen LogP contribution in [0.25, 0.3) is 0 Å². The number of nitrogens with one attached hydrogen (secondary N) is 1. The molecule has 0 radical (unpaired) electrons. The van der Waals surface area contributed by atoms with E-state index in [2.05, 4.69) is 10.3 Å². The maximum Gasteiger partial charge on any atom is 0.405 e. The third kappa shape index (κ3) is 7.37. The molecule has 1 unspecified atom stereocenters. The lowest BCUT2D eigenvalue weighted by atomic mass is 10.1. The van der Waals surface area contributed by atoms with Gasteiger partial charge in [-0.3, -0.25) is 9.78 Å². The minimum Gasteiger partial charge on any atom is -0.465 e. The highest BCUT2D eigenvalue weighted by molar-refractivity contribution is 5.85. The summed E-state index contributed by atoms with van der Waals surface area (Å²) in [6.45, 7) is 8.59. The average Bonchev–Trinajstić information content (AvgIpc) is 2.59. The smallest absolute Gasteiger partial charge is 0.405 e. The zero-order valence-electron chi connectivity index (χ0n) is 15.8. The van der Waals surface area contributed by atoms with E-state index < -0.39 is 18.4 Å². The summed E-state index contributed by atoms with van der Waals surface area (Å²) < 4.78 is 11.1. The molecule has 2 amide bonds. The molecule has 0 fully saturated rings. The van der Waals surface area contributed by atoms with E-state index in [0.717, 1.165) is 5.56 Å². The molecule has 0 saturated carbocycles. The van der Waals surface area contributed by atoms with Crippen molar-refractivity contribution < 1.29 is 24.2 Å². The minimum atomic E-state index is -1.24. The summed E-state index contributed by atoms with van der Waals surface area (Å²) in [5, 5.41) is 11.5. The molecule has 0 spiro atoms. The van der Waals surface area contributed by atoms with Gasteiger partial charge in [-0.05, 0) is 45.4 Å². The van der Waals surface area contributed by atoms with Gasteiger partial charge < -0.3 is 24.8 Å². The van der Waals surface area contributed by atoms with Crippen LogP contribution in [-0.4, -0.2) is 65.1 Å². The fraction of sp³-hybridized carbons (Fsp3) is 0.611. The molecule has 0 aliphatic carbocycles. The lowest BCUT2D eigenvalue weighted by molar-refractivity contribution is -0.162. The molecule has 1 aromatic rings. The van der Waals surface area contributed by atoms with Gasteiger partial charge in [0.1, 0.15) is 6.04 Å². The topological polar surface area (TPSA) is 101 Å². The molecule has 146 valence electrons. The molecule has 1 heterocycles. The Kier molecular flexibility index (Phi) is 9.61. The van der Waals surface area contributed by atoms with E-state index in [1.54, 1.807) is 29.4 Å². The molecule has 2 N–H and O–H groups in total. The molecule has 1 rings (SSSR count). The van der Waals surface area contributed by atoms with Crippen LogP contribution < -0.4 is 5.32 Å². The van der Waals surface area contributed by atoms with Crippen LogP contribution >= 0.6 is 0 Å². The fourth-order valence-corrected chi connectivity index (χ4v) is 2.55. The molecule has 0 aliphatic heterocycles. The molecule has 0 aliphatic rings. The Hall–Kier alpha value is -2.19. The summed E-state index contributed by atoms with van der Waals surface area (Å²) in [6.07, 6.45) is 1.66. The van der Waals surface area contributed by atoms with Gasteiger partial charge in [-0.25, -0.2) is 4.79 Å². The number of carbonyl (C=O) groups excluding carboxylic acids is 1. The first-order chi connectivity index (χ1) is 12.4. The highest BCUT2D eigenvalue weighted by Gasteiger charge is 2.30. The van der Waals surface area contributed by atoms with E-state index in [9.17, 15) is 9.59 Å². The van der Waals surface area contributed by atoms with Crippen molar-refractivity contribution in [1.82, 2.24) is 15.2 Å². The van der Waals surface area contributed by atoms with E-state index in [4.69, 9.17) is 14.6 Å². The molecule has 8 heteroatoms. The molecular weight excluding hydrogens is 338 g/mol. The SMILES string of the molecule is CCOC(CN(C(=O)C(Cc1ccncc1)NC(=O)O)C(C)C)OCC. The van der Waals surface area contributed by atoms with Crippen LogP contribution in [0.3, 0.4) is 0 Å². The van der Waals surface area contributed by atoms with E-state index >= 15 is 0 Å². The summed E-state index contributed by atoms with van der Waals surface area (Å²) in [7, 11) is 0. The molecule has 1 atom stereocenters. The van der Waals surface area contributed by atoms with Gasteiger partial charge in [0.15, 0.2) is 6.29 Å². The predicted octanol–water partition coefficient (Wildman–Crippen LogP) is 1.90. The first-order valence-electron chi connectivity index (χ1n) is 8.81. The van der Waals surface area contributed by atoms with E-state index in [0.29, 0.717) is 13.2 Å². The summed E-state index contributed by atoms with van der Waals surface area (Å²) >= 11 is 0. The van der Waals surface area contributed by atoms with Crippen LogP contribution in [-0.2, 0) is 20.7 Å². The Labute approximate surface area is 154 Å². The van der Waals surface area contributed by atoms with Gasteiger partial charge in [0.05, 0.1) is 6.54 Å². The Balaban J connectivity index is 2.96. The van der Waals surface area contributed by atoms with E-state index in [-0.39, 0.29) is 24.9 Å². The number of carboxylic acid groups (broad SMARTS) is 1. The molecule has 0 saturated heterocycles. The minimum absolute atomic E-state index is 0.138. The van der Waals surface area contributed by atoms with E-state index in [1.165, 1.54) is 0 Å². The van der Waals surface area contributed by atoms with Crippen molar-refractivity contribution in [1.29, 1.82) is 0 Å². The third-order valence-corrected chi connectivity index (χ3v) is 3.74. The van der Waals surface area contributed by atoms with Crippen LogP contribution in [0, 0.1) is 0 Å². The van der Waals surface area contributed by atoms with Crippen molar-refractivity contribution in [3.8, 4) is 0 Å². The van der Waals surface area contributed by atoms with Crippen LogP contribution in [0.5, 0.6) is 0 Å². The Morgan fingerprint density at radius 3 is 2.23 bits per heavy atom. The summed E-state index contributed by atoms with van der Waals surface area (Å²) in [4.78, 5) is 29.7. The summed E-state index contributed by atoms with van der Waals surface area (Å²) in [5.74, 6) is -0.316. The second-order valence-corrected chi connectivity index (χ2v) is 5.99. The number of aromatic nitrogens is 1. The fourth-order valence-electron chi connectivity index (χ4n) is 2.55. The molecule has 0 aromatic carbocycles. The second-order valence-electron chi connectivity index (χ2n) is 5.99. The van der Waals surface area contributed by atoms with Gasteiger partial charge in [-0.15, -0.1) is 0 Å². The number of rotatable bonds is 11. The number of carbonyl (C=O) groups is 2. The van der Waals surface area contributed by atoms with Crippen molar-refractivity contribution in [3.63, 3.8) is 0 Å². The third-order valence-electron chi connectivity index (χ3n) is 3.74. The van der Waals surface area contributed by atoms with Crippen LogP contribution in [0.15, 0.2) is 24.5 Å². The molecular formula is C18H29N3O5. The van der Waals surface area contributed by atoms with Crippen molar-refractivity contribution in [3.05, 3.63) is 30.1 Å². The number of ether oxygens (including phenoxy) is 2. The normalized spacial score (nSPS) is 12.2. The molecule has 8 nitrogen and oxygen atoms in total. The number of hydrogen-bond donors (Lipinski definition) is 2. The van der Waals surface area contributed by atoms with E-state index in [1.807, 2.05) is 27.7 Å². The zero-order chi connectivity index (χ0) is 19.5. The maximum atomic E-state index is 13.0. The standard InChI is InChI=1S/C18H29N3O5/c1-5-25-16(26-6-2)12-21(13(3)4)17(22)15(20-18(23)24)11-14-7-9-19-10-8-14/h7-10,13,15-16,20H,5-6,11-12H2,1-4H3,(H,23,24). The lowest BCUT2D eigenvalue weighted by Crippen LogP contribution is -2.53. The van der Waals surface area contributed by atoms with Crippen molar-refractivity contribution in [2.24, 2.45) is 0 Å². The van der Waals surface area contributed by atoms with Gasteiger partial charge in [-0.2, -0.15) is 0 Å². The van der Waals surface area contributed by atoms with Gasteiger partial charge >= 0.3 is 6.09 Å². The van der Waals surface area contributed by atoms with Gasteiger partial charge in [0, 0.05) is 38.1 Å². The number of amides is 2. The highest BCUT2D eigenvalue weighted by atomic mass is 16.7. The first-order valence-corrected chi connectivity index (χ1v) is 8.81. The lowest BCUT2D eigenvalue weighted by Gasteiger charge is -2.33. The van der Waals surface area contributed by atoms with Gasteiger partial charge in [-0.1, -0.05) is 0 Å². The average molecular weight is 367 g/mol. The van der Waals surface area contributed by atoms with Gasteiger partial charge in [0.25, 0.3) is 0 Å². The number of hydrogen-bond acceptors (Lipinski definition) is 5. The van der Waals surface area contributed by atoms with Crippen LogP contribution in [0.1, 0.15) is 33.3 Å². The Morgan fingerprint density at radius 1 is 1.19 bits per heavy atom. The van der Waals surface area contributed by atoms with Crippen molar-refractivity contribution in [2.45, 2.75) is 52.5 Å². The van der Waals surface area contributed by atoms with Gasteiger partial charge in [0.2, 0.25) is 5.91 Å². The maximum absolute atomic E-state index is 13.0. The van der Waals surface area contributed by atoms with Crippen molar-refractivity contribution >= 4 is 12.0 Å². The number of nitrogens with zero attached hydrogens (tertiary/aromatic N) is 2. The molecule has 1 aromatic heterocycles. The Morgan fingerprint density at radius 2 is 1.77 bits per heavy atom. The van der Waals surface area contributed by atoms with Crippen LogP contribution in [0.4, 0.5) is 4.79 Å². The Bertz CT molecular complexity index is 547. The summed E-state index contributed by atoms with van der Waals surface area (Å²) in [6, 6.07) is 2.47. The first kappa shape index (κ1) is 21.9. The monoisotopic (exact) mass is 367 g/mol. The molecule has 26 heavy (non-hydrogen) atoms. The highest BCUT2D eigenvalue weighted by Crippen LogP contribution is 2.11. The summed E-state index contributed by atoms with van der Waals surface area (Å²) in [5.41, 5.74) is 0.821. The largest absolute Gasteiger partial charge is 0.465 e. The number of pyridine rings is 1. The molecule has 0 bridgehead atoms.